The third kappa shape index (κ3) is 6.50. The van der Waals surface area contributed by atoms with Crippen molar-refractivity contribution in [3.63, 3.8) is 0 Å². The minimum Gasteiger partial charge on any atom is -0.378 e. The number of nitrogens with one attached hydrogen (secondary N) is 2. The fraction of sp³-hybridized carbons (Fsp3) is 0.435. The Morgan fingerprint density at radius 2 is 1.68 bits per heavy atom. The number of amides is 2. The molecule has 1 aromatic heterocycles. The Bertz CT molecular complexity index is 848. The summed E-state index contributed by atoms with van der Waals surface area (Å²) in [5, 5.41) is 5.45. The van der Waals surface area contributed by atoms with Gasteiger partial charge >= 0.3 is 11.8 Å². The quantitative estimate of drug-likeness (QED) is 0.642. The number of benzene rings is 1. The second kappa shape index (κ2) is 10.9. The molecular weight excluding hydrogens is 392 g/mol. The summed E-state index contributed by atoms with van der Waals surface area (Å²) in [5.41, 5.74) is 2.96. The molecule has 0 radical (unpaired) electrons. The Hall–Kier alpha value is -2.97. The van der Waals surface area contributed by atoms with Gasteiger partial charge in [-0.2, -0.15) is 0 Å². The first-order valence-corrected chi connectivity index (χ1v) is 10.6. The Morgan fingerprint density at radius 1 is 1.00 bits per heavy atom. The summed E-state index contributed by atoms with van der Waals surface area (Å²) in [7, 11) is 6.14. The van der Waals surface area contributed by atoms with Crippen molar-refractivity contribution in [3.05, 3.63) is 59.9 Å². The van der Waals surface area contributed by atoms with Crippen molar-refractivity contribution >= 4 is 17.5 Å². The summed E-state index contributed by atoms with van der Waals surface area (Å²) in [5.74, 6) is -1.27. The van der Waals surface area contributed by atoms with Crippen molar-refractivity contribution in [2.24, 2.45) is 0 Å². The number of piperazine rings is 1. The number of hydrogen-bond donors (Lipinski definition) is 2. The van der Waals surface area contributed by atoms with Crippen molar-refractivity contribution in [3.8, 4) is 0 Å². The van der Waals surface area contributed by atoms with E-state index in [2.05, 4.69) is 61.6 Å². The van der Waals surface area contributed by atoms with Crippen LogP contribution in [0.15, 0.2) is 48.7 Å². The molecule has 2 amide bonds. The number of anilines is 1. The van der Waals surface area contributed by atoms with Gasteiger partial charge in [0.25, 0.3) is 0 Å². The van der Waals surface area contributed by atoms with Gasteiger partial charge in [-0.15, -0.1) is 0 Å². The maximum Gasteiger partial charge on any atom is 0.309 e. The van der Waals surface area contributed by atoms with Gasteiger partial charge in [-0.1, -0.05) is 18.2 Å². The highest BCUT2D eigenvalue weighted by Crippen LogP contribution is 2.24. The molecule has 0 bridgehead atoms. The van der Waals surface area contributed by atoms with Gasteiger partial charge in [0.1, 0.15) is 0 Å². The molecule has 166 valence electrons. The molecule has 0 unspecified atom stereocenters. The normalized spacial score (nSPS) is 15.8. The van der Waals surface area contributed by atoms with Crippen molar-refractivity contribution in [2.75, 3.05) is 58.8 Å². The molecule has 2 aromatic rings. The molecule has 1 aromatic carbocycles. The largest absolute Gasteiger partial charge is 0.378 e. The number of nitrogens with zero attached hydrogens (tertiary/aromatic N) is 4. The lowest BCUT2D eigenvalue weighted by molar-refractivity contribution is -0.139. The summed E-state index contributed by atoms with van der Waals surface area (Å²) in [6.07, 6.45) is 1.66. The van der Waals surface area contributed by atoms with Gasteiger partial charge in [-0.25, -0.2) is 0 Å². The van der Waals surface area contributed by atoms with Gasteiger partial charge in [-0.3, -0.25) is 19.5 Å². The van der Waals surface area contributed by atoms with Gasteiger partial charge in [0, 0.05) is 58.7 Å². The zero-order chi connectivity index (χ0) is 22.2. The number of pyridine rings is 1. The van der Waals surface area contributed by atoms with Crippen molar-refractivity contribution in [1.82, 2.24) is 25.4 Å². The van der Waals surface area contributed by atoms with Crippen LogP contribution in [0.3, 0.4) is 0 Å². The zero-order valence-electron chi connectivity index (χ0n) is 18.5. The number of carbonyl (C=O) groups excluding carboxylic acids is 2. The van der Waals surface area contributed by atoms with E-state index in [1.54, 1.807) is 12.3 Å². The highest BCUT2D eigenvalue weighted by atomic mass is 16.2. The second-order valence-electron chi connectivity index (χ2n) is 8.05. The van der Waals surface area contributed by atoms with Gasteiger partial charge in [0.15, 0.2) is 0 Å². The maximum atomic E-state index is 12.4. The van der Waals surface area contributed by atoms with Crippen LogP contribution in [0.2, 0.25) is 0 Å². The molecule has 0 aliphatic carbocycles. The monoisotopic (exact) mass is 424 g/mol. The first-order valence-electron chi connectivity index (χ1n) is 10.6. The molecular formula is C23H32N6O2. The predicted molar refractivity (Wildman–Crippen MR) is 122 cm³/mol. The van der Waals surface area contributed by atoms with Crippen LogP contribution in [0.1, 0.15) is 17.3 Å². The van der Waals surface area contributed by atoms with Gasteiger partial charge in [-0.05, 0) is 36.9 Å². The standard InChI is InChI=1S/C23H32N6O2/c1-27(2)20-9-7-18(8-10-20)21(29-14-12-28(3)13-15-29)17-26-23(31)22(30)25-16-19-6-4-5-11-24-19/h4-11,21H,12-17H2,1-3H3,(H,25,30)(H,26,31)/t21-/m0/s1. The molecule has 1 aliphatic heterocycles. The van der Waals surface area contributed by atoms with Crippen LogP contribution in [-0.2, 0) is 16.1 Å². The summed E-state index contributed by atoms with van der Waals surface area (Å²) in [6.45, 7) is 4.38. The molecule has 8 heteroatoms. The van der Waals surface area contributed by atoms with Gasteiger partial charge in [0.2, 0.25) is 0 Å². The van der Waals surface area contributed by atoms with Gasteiger partial charge in [0.05, 0.1) is 18.3 Å². The number of hydrogen-bond acceptors (Lipinski definition) is 6. The molecule has 0 spiro atoms. The molecule has 1 atom stereocenters. The lowest BCUT2D eigenvalue weighted by Gasteiger charge is -2.38. The fourth-order valence-corrected chi connectivity index (χ4v) is 3.61. The Balaban J connectivity index is 1.62. The van der Waals surface area contributed by atoms with E-state index in [0.29, 0.717) is 12.2 Å². The Morgan fingerprint density at radius 3 is 2.29 bits per heavy atom. The lowest BCUT2D eigenvalue weighted by atomic mass is 10.0. The molecule has 3 rings (SSSR count). The lowest BCUT2D eigenvalue weighted by Crippen LogP contribution is -2.49. The third-order valence-corrected chi connectivity index (χ3v) is 5.59. The SMILES string of the molecule is CN1CCN([C@@H](CNC(=O)C(=O)NCc2ccccn2)c2ccc(N(C)C)cc2)CC1. The second-order valence-corrected chi connectivity index (χ2v) is 8.05. The van der Waals surface area contributed by atoms with Crippen LogP contribution in [0.25, 0.3) is 0 Å². The van der Waals surface area contributed by atoms with Crippen LogP contribution < -0.4 is 15.5 Å². The maximum absolute atomic E-state index is 12.4. The van der Waals surface area contributed by atoms with Crippen LogP contribution in [0.4, 0.5) is 5.69 Å². The molecule has 2 heterocycles. The molecule has 31 heavy (non-hydrogen) atoms. The van der Waals surface area contributed by atoms with Crippen molar-refractivity contribution < 1.29 is 9.59 Å². The van der Waals surface area contributed by atoms with E-state index in [1.807, 2.05) is 26.2 Å². The molecule has 2 N–H and O–H groups in total. The zero-order valence-corrected chi connectivity index (χ0v) is 18.5. The smallest absolute Gasteiger partial charge is 0.309 e. The summed E-state index contributed by atoms with van der Waals surface area (Å²) >= 11 is 0. The van der Waals surface area contributed by atoms with Crippen molar-refractivity contribution in [2.45, 2.75) is 12.6 Å². The molecule has 1 aliphatic rings. The van der Waals surface area contributed by atoms with Crippen LogP contribution >= 0.6 is 0 Å². The van der Waals surface area contributed by atoms with Crippen LogP contribution in [0, 0.1) is 0 Å². The van der Waals surface area contributed by atoms with E-state index in [1.165, 1.54) is 0 Å². The van der Waals surface area contributed by atoms with E-state index < -0.39 is 11.8 Å². The number of aromatic nitrogens is 1. The predicted octanol–water partition coefficient (Wildman–Crippen LogP) is 0.869. The molecule has 8 nitrogen and oxygen atoms in total. The first kappa shape index (κ1) is 22.7. The van der Waals surface area contributed by atoms with E-state index in [9.17, 15) is 9.59 Å². The number of likely N-dealkylation sites (N-methyl/N-ethyl adjacent to an activating group) is 1. The number of rotatable bonds is 7. The summed E-state index contributed by atoms with van der Waals surface area (Å²) < 4.78 is 0. The number of carbonyl (C=O) groups is 2. The molecule has 1 saturated heterocycles. The van der Waals surface area contributed by atoms with Crippen LogP contribution in [-0.4, -0.2) is 80.5 Å². The molecule has 1 fully saturated rings. The minimum absolute atomic E-state index is 0.0115. The Labute approximate surface area is 184 Å². The third-order valence-electron chi connectivity index (χ3n) is 5.59. The topological polar surface area (TPSA) is 80.8 Å². The average molecular weight is 425 g/mol. The molecule has 0 saturated carbocycles. The minimum atomic E-state index is -0.647. The first-order chi connectivity index (χ1) is 14.9. The van der Waals surface area contributed by atoms with E-state index >= 15 is 0 Å². The van der Waals surface area contributed by atoms with Crippen LogP contribution in [0.5, 0.6) is 0 Å². The summed E-state index contributed by atoms with van der Waals surface area (Å²) in [6, 6.07) is 13.8. The Kier molecular flexibility index (Phi) is 7.97. The van der Waals surface area contributed by atoms with E-state index in [4.69, 9.17) is 0 Å². The van der Waals surface area contributed by atoms with E-state index in [-0.39, 0.29) is 12.6 Å². The van der Waals surface area contributed by atoms with Crippen molar-refractivity contribution in [1.29, 1.82) is 0 Å². The van der Waals surface area contributed by atoms with Gasteiger partial charge < -0.3 is 20.4 Å². The average Bonchev–Trinajstić information content (AvgIpc) is 2.79. The highest BCUT2D eigenvalue weighted by molar-refractivity contribution is 6.35. The summed E-state index contributed by atoms with van der Waals surface area (Å²) in [4.78, 5) is 35.5. The fourth-order valence-electron chi connectivity index (χ4n) is 3.61. The van der Waals surface area contributed by atoms with E-state index in [0.717, 1.165) is 37.4 Å². The highest BCUT2D eigenvalue weighted by Gasteiger charge is 2.25.